The zero-order valence-corrected chi connectivity index (χ0v) is 21.8. The number of hydrogen-bond donors (Lipinski definition) is 2. The summed E-state index contributed by atoms with van der Waals surface area (Å²) >= 11 is 5.76. The van der Waals surface area contributed by atoms with Crippen molar-refractivity contribution >= 4 is 52.3 Å². The van der Waals surface area contributed by atoms with E-state index in [1.807, 2.05) is 42.5 Å². The summed E-state index contributed by atoms with van der Waals surface area (Å²) < 4.78 is 6.86. The van der Waals surface area contributed by atoms with Gasteiger partial charge in [-0.05, 0) is 53.3 Å². The van der Waals surface area contributed by atoms with Crippen LogP contribution in [0.25, 0.3) is 0 Å². The highest BCUT2D eigenvalue weighted by molar-refractivity contribution is 7.80. The van der Waals surface area contributed by atoms with E-state index in [0.717, 1.165) is 0 Å². The summed E-state index contributed by atoms with van der Waals surface area (Å²) in [7, 11) is 1.66. The fraction of sp³-hybridized carbons (Fsp3) is 0.143. The monoisotopic (exact) mass is 541 g/mol. The van der Waals surface area contributed by atoms with Crippen molar-refractivity contribution in [3.05, 3.63) is 102 Å². The SMILES string of the molecule is C[n+]1noc(NC(=O)c2ccccc2)c1CN1C(=S)N(c2ccccc2)C(=O)C1CC(=O)Nc1ccccc1. The predicted molar refractivity (Wildman–Crippen MR) is 148 cm³/mol. The lowest BCUT2D eigenvalue weighted by atomic mass is 10.1. The van der Waals surface area contributed by atoms with Crippen molar-refractivity contribution in [1.29, 1.82) is 0 Å². The first-order valence-electron chi connectivity index (χ1n) is 12.2. The van der Waals surface area contributed by atoms with Crippen molar-refractivity contribution in [3.8, 4) is 0 Å². The maximum absolute atomic E-state index is 13.7. The molecule has 0 bridgehead atoms. The summed E-state index contributed by atoms with van der Waals surface area (Å²) in [4.78, 5) is 42.5. The summed E-state index contributed by atoms with van der Waals surface area (Å²) in [6, 6.07) is 25.8. The largest absolute Gasteiger partial charge is 0.326 e. The summed E-state index contributed by atoms with van der Waals surface area (Å²) in [6.45, 7) is 0.0571. The molecule has 0 saturated carbocycles. The van der Waals surface area contributed by atoms with E-state index in [1.54, 1.807) is 60.5 Å². The first-order chi connectivity index (χ1) is 18.9. The molecule has 4 aromatic rings. The number of amides is 3. The van der Waals surface area contributed by atoms with Gasteiger partial charge in [0.25, 0.3) is 17.5 Å². The summed E-state index contributed by atoms with van der Waals surface area (Å²) in [5, 5.41) is 9.75. The molecule has 1 atom stereocenters. The number of benzene rings is 3. The number of para-hydroxylation sites is 2. The molecule has 1 fully saturated rings. The number of nitrogens with zero attached hydrogens (tertiary/aromatic N) is 4. The molecule has 3 aromatic carbocycles. The zero-order valence-electron chi connectivity index (χ0n) is 21.0. The lowest BCUT2D eigenvalue weighted by molar-refractivity contribution is -0.746. The van der Waals surface area contributed by atoms with E-state index in [1.165, 1.54) is 9.58 Å². The van der Waals surface area contributed by atoms with Crippen LogP contribution in [0.3, 0.4) is 0 Å². The fourth-order valence-corrected chi connectivity index (χ4v) is 4.67. The number of hydrogen-bond acceptors (Lipinski definition) is 6. The van der Waals surface area contributed by atoms with Crippen molar-refractivity contribution in [1.82, 2.24) is 10.2 Å². The Balaban J connectivity index is 1.43. The number of aromatic nitrogens is 2. The molecule has 5 rings (SSSR count). The maximum atomic E-state index is 13.7. The highest BCUT2D eigenvalue weighted by Gasteiger charge is 2.46. The first kappa shape index (κ1) is 25.7. The molecule has 1 aromatic heterocycles. The molecule has 2 heterocycles. The van der Waals surface area contributed by atoms with Gasteiger partial charge in [-0.1, -0.05) is 54.6 Å². The van der Waals surface area contributed by atoms with E-state index in [2.05, 4.69) is 15.9 Å². The van der Waals surface area contributed by atoms with Crippen LogP contribution in [0.15, 0.2) is 95.5 Å². The van der Waals surface area contributed by atoms with Crippen LogP contribution in [-0.4, -0.2) is 39.0 Å². The van der Waals surface area contributed by atoms with Crippen molar-refractivity contribution < 1.29 is 23.6 Å². The predicted octanol–water partition coefficient (Wildman–Crippen LogP) is 3.28. The Labute approximate surface area is 229 Å². The molecule has 2 N–H and O–H groups in total. The molecule has 10 nitrogen and oxygen atoms in total. The van der Waals surface area contributed by atoms with Crippen molar-refractivity contribution in [2.24, 2.45) is 7.05 Å². The van der Waals surface area contributed by atoms with Gasteiger partial charge in [0, 0.05) is 11.3 Å². The van der Waals surface area contributed by atoms with Gasteiger partial charge in [0.2, 0.25) is 11.2 Å². The zero-order chi connectivity index (χ0) is 27.4. The average Bonchev–Trinajstić information content (AvgIpc) is 3.41. The molecule has 0 spiro atoms. The van der Waals surface area contributed by atoms with Gasteiger partial charge in [0.15, 0.2) is 12.2 Å². The minimum atomic E-state index is -0.894. The lowest BCUT2D eigenvalue weighted by Crippen LogP contribution is -2.43. The van der Waals surface area contributed by atoms with Gasteiger partial charge < -0.3 is 10.2 Å². The van der Waals surface area contributed by atoms with Gasteiger partial charge in [-0.25, -0.2) is 0 Å². The van der Waals surface area contributed by atoms with Gasteiger partial charge in [-0.3, -0.25) is 29.1 Å². The Hall–Kier alpha value is -4.90. The second-order valence-electron chi connectivity index (χ2n) is 8.85. The van der Waals surface area contributed by atoms with Crippen LogP contribution in [0.5, 0.6) is 0 Å². The van der Waals surface area contributed by atoms with E-state index in [0.29, 0.717) is 22.6 Å². The lowest BCUT2D eigenvalue weighted by Gasteiger charge is -2.22. The smallest absolute Gasteiger partial charge is 0.307 e. The fourth-order valence-electron chi connectivity index (χ4n) is 4.28. The van der Waals surface area contributed by atoms with Crippen LogP contribution >= 0.6 is 12.2 Å². The van der Waals surface area contributed by atoms with Crippen LogP contribution < -0.4 is 20.2 Å². The minimum Gasteiger partial charge on any atom is -0.326 e. The first-order valence-corrected chi connectivity index (χ1v) is 12.6. The average molecular weight is 542 g/mol. The number of carbonyl (C=O) groups excluding carboxylic acids is 3. The molecule has 1 aliphatic rings. The van der Waals surface area contributed by atoms with E-state index >= 15 is 0 Å². The standard InChI is InChI=1S/C28H24N6O4S/c1-32-23(26(38-31-32)30-25(36)19-11-5-2-6-12-19)18-33-22(17-24(35)29-20-13-7-3-8-14-20)27(37)34(28(33)39)21-15-9-4-10-16-21/h2-16,22H,17-18H2,1H3,(H-,29,30,31,35,36)/p+1. The highest BCUT2D eigenvalue weighted by Crippen LogP contribution is 2.29. The van der Waals surface area contributed by atoms with E-state index in [4.69, 9.17) is 16.7 Å². The second-order valence-corrected chi connectivity index (χ2v) is 9.21. The van der Waals surface area contributed by atoms with Crippen molar-refractivity contribution in [2.75, 3.05) is 15.5 Å². The van der Waals surface area contributed by atoms with Crippen LogP contribution in [0, 0.1) is 0 Å². The Bertz CT molecular complexity index is 1510. The number of aryl methyl sites for hydroxylation is 1. The van der Waals surface area contributed by atoms with E-state index < -0.39 is 6.04 Å². The number of anilines is 3. The molecule has 3 amide bonds. The molecule has 11 heteroatoms. The van der Waals surface area contributed by atoms with E-state index in [9.17, 15) is 14.4 Å². The Morgan fingerprint density at radius 3 is 2.23 bits per heavy atom. The molecule has 196 valence electrons. The van der Waals surface area contributed by atoms with Crippen LogP contribution in [0.2, 0.25) is 0 Å². The van der Waals surface area contributed by atoms with Gasteiger partial charge in [0.1, 0.15) is 12.6 Å². The summed E-state index contributed by atoms with van der Waals surface area (Å²) in [6.07, 6.45) is -0.141. The van der Waals surface area contributed by atoms with Gasteiger partial charge in [0.05, 0.1) is 12.1 Å². The molecular weight excluding hydrogens is 516 g/mol. The Kier molecular flexibility index (Phi) is 7.41. The number of rotatable bonds is 8. The van der Waals surface area contributed by atoms with Crippen LogP contribution in [0.1, 0.15) is 22.5 Å². The molecule has 1 aliphatic heterocycles. The Morgan fingerprint density at radius 1 is 0.949 bits per heavy atom. The minimum absolute atomic E-state index is 0.0571. The van der Waals surface area contributed by atoms with Crippen LogP contribution in [0.4, 0.5) is 17.3 Å². The molecule has 39 heavy (non-hydrogen) atoms. The molecular formula is C28H25N6O4S+. The molecule has 0 radical (unpaired) electrons. The second kappa shape index (κ2) is 11.2. The summed E-state index contributed by atoms with van der Waals surface area (Å²) in [5.74, 6) is -0.927. The molecule has 0 aliphatic carbocycles. The number of nitrogens with one attached hydrogen (secondary N) is 2. The van der Waals surface area contributed by atoms with E-state index in [-0.39, 0.29) is 41.7 Å². The van der Waals surface area contributed by atoms with Crippen molar-refractivity contribution in [3.63, 3.8) is 0 Å². The Morgan fingerprint density at radius 2 is 1.56 bits per heavy atom. The summed E-state index contributed by atoms with van der Waals surface area (Å²) in [5.41, 5.74) is 2.13. The third-order valence-electron chi connectivity index (χ3n) is 6.26. The van der Waals surface area contributed by atoms with Gasteiger partial charge >= 0.3 is 5.88 Å². The van der Waals surface area contributed by atoms with Crippen molar-refractivity contribution in [2.45, 2.75) is 19.0 Å². The maximum Gasteiger partial charge on any atom is 0.307 e. The quantitative estimate of drug-likeness (QED) is 0.260. The number of thiocarbonyl (C=S) groups is 1. The normalized spacial score (nSPS) is 14.9. The number of carbonyl (C=O) groups is 3. The third kappa shape index (κ3) is 5.53. The van der Waals surface area contributed by atoms with Gasteiger partial charge in [-0.2, -0.15) is 0 Å². The highest BCUT2D eigenvalue weighted by atomic mass is 32.1. The molecule has 1 saturated heterocycles. The van der Waals surface area contributed by atoms with Crippen LogP contribution in [-0.2, 0) is 23.2 Å². The van der Waals surface area contributed by atoms with Gasteiger partial charge in [-0.15, -0.1) is 0 Å². The molecule has 1 unspecified atom stereocenters. The topological polar surface area (TPSA) is 112 Å². The third-order valence-corrected chi connectivity index (χ3v) is 6.68.